The van der Waals surface area contributed by atoms with Crippen LogP contribution in [0.25, 0.3) is 0 Å². The summed E-state index contributed by atoms with van der Waals surface area (Å²) < 4.78 is 66.2. The van der Waals surface area contributed by atoms with Crippen molar-refractivity contribution in [3.63, 3.8) is 0 Å². The van der Waals surface area contributed by atoms with Gasteiger partial charge < -0.3 is 4.74 Å². The van der Waals surface area contributed by atoms with E-state index in [0.29, 0.717) is 12.8 Å². The first kappa shape index (κ1) is 17.4. The summed E-state index contributed by atoms with van der Waals surface area (Å²) in [7, 11) is -5.68. The Morgan fingerprint density at radius 3 is 2.17 bits per heavy atom. The maximum atomic E-state index is 12.1. The Morgan fingerprint density at radius 2 is 1.70 bits per heavy atom. The van der Waals surface area contributed by atoms with Gasteiger partial charge in [-0.05, 0) is 30.5 Å². The smallest absolute Gasteiger partial charge is 0.389 e. The quantitative estimate of drug-likeness (QED) is 0.349. The van der Waals surface area contributed by atoms with Gasteiger partial charge in [0.05, 0.1) is 18.1 Å². The molecule has 0 atom stereocenters. The minimum Gasteiger partial charge on any atom is -0.389 e. The van der Waals surface area contributed by atoms with E-state index in [4.69, 9.17) is 0 Å². The average Bonchev–Trinajstić information content (AvgIpc) is 3.29. The van der Waals surface area contributed by atoms with Gasteiger partial charge in [-0.2, -0.15) is 21.6 Å². The summed E-state index contributed by atoms with van der Waals surface area (Å²) in [5.41, 5.74) is -5.38. The highest BCUT2D eigenvalue weighted by Crippen LogP contribution is 2.30. The molecule has 1 saturated carbocycles. The van der Waals surface area contributed by atoms with E-state index < -0.39 is 34.2 Å². The van der Waals surface area contributed by atoms with E-state index in [1.165, 1.54) is 24.3 Å². The van der Waals surface area contributed by atoms with Gasteiger partial charge >= 0.3 is 27.6 Å². The number of alkyl halides is 3. The summed E-state index contributed by atoms with van der Waals surface area (Å²) in [6, 6.07) is 4.79. The van der Waals surface area contributed by atoms with E-state index in [1.54, 1.807) is 0 Å². The van der Waals surface area contributed by atoms with Crippen molar-refractivity contribution >= 4 is 22.1 Å². The molecule has 1 aromatic carbocycles. The van der Waals surface area contributed by atoms with Gasteiger partial charge in [-0.1, -0.05) is 12.1 Å². The lowest BCUT2D eigenvalue weighted by Crippen LogP contribution is -2.25. The monoisotopic (exact) mass is 352 g/mol. The number of esters is 2. The van der Waals surface area contributed by atoms with Gasteiger partial charge in [0.2, 0.25) is 0 Å². The van der Waals surface area contributed by atoms with Crippen LogP contribution in [0.5, 0.6) is 0 Å². The van der Waals surface area contributed by atoms with Crippen LogP contribution in [0.1, 0.15) is 28.8 Å². The van der Waals surface area contributed by atoms with E-state index in [9.17, 15) is 31.2 Å². The SMILES string of the molecule is O=C(OC(=O)C1CC1)c1ccc(COS(=O)(=O)C(F)(F)F)cc1. The number of benzene rings is 1. The molecular formula is C13H11F3O6S. The summed E-state index contributed by atoms with van der Waals surface area (Å²) in [6.07, 6.45) is 1.35. The van der Waals surface area contributed by atoms with Gasteiger partial charge in [0, 0.05) is 0 Å². The second-order valence-electron chi connectivity index (χ2n) is 4.84. The van der Waals surface area contributed by atoms with E-state index >= 15 is 0 Å². The molecule has 1 aliphatic carbocycles. The van der Waals surface area contributed by atoms with E-state index in [1.807, 2.05) is 0 Å². The first-order chi connectivity index (χ1) is 10.6. The molecule has 10 heteroatoms. The third kappa shape index (κ3) is 4.52. The topological polar surface area (TPSA) is 86.7 Å². The molecule has 1 aromatic rings. The molecule has 0 heterocycles. The number of carbonyl (C=O) groups excluding carboxylic acids is 2. The number of rotatable bonds is 5. The zero-order valence-electron chi connectivity index (χ0n) is 11.5. The van der Waals surface area contributed by atoms with Crippen molar-refractivity contribution in [2.75, 3.05) is 0 Å². The molecule has 0 N–H and O–H groups in total. The maximum Gasteiger partial charge on any atom is 0.523 e. The van der Waals surface area contributed by atoms with Gasteiger partial charge in [-0.25, -0.2) is 4.79 Å². The second-order valence-corrected chi connectivity index (χ2v) is 6.45. The number of carbonyl (C=O) groups is 2. The molecule has 0 spiro atoms. The Balaban J connectivity index is 1.94. The van der Waals surface area contributed by atoms with Gasteiger partial charge in [0.15, 0.2) is 0 Å². The molecule has 0 saturated heterocycles. The fraction of sp³-hybridized carbons (Fsp3) is 0.385. The zero-order chi connectivity index (χ0) is 17.3. The number of ether oxygens (including phenoxy) is 1. The van der Waals surface area contributed by atoms with Crippen LogP contribution >= 0.6 is 0 Å². The van der Waals surface area contributed by atoms with Crippen LogP contribution in [0, 0.1) is 5.92 Å². The highest BCUT2D eigenvalue weighted by molar-refractivity contribution is 7.87. The molecule has 0 bridgehead atoms. The zero-order valence-corrected chi connectivity index (χ0v) is 12.3. The molecule has 2 rings (SSSR count). The van der Waals surface area contributed by atoms with Crippen molar-refractivity contribution < 1.29 is 40.1 Å². The summed E-state index contributed by atoms with van der Waals surface area (Å²) in [5.74, 6) is -1.74. The number of hydrogen-bond donors (Lipinski definition) is 0. The van der Waals surface area contributed by atoms with Crippen molar-refractivity contribution in [1.29, 1.82) is 0 Å². The standard InChI is InChI=1S/C13H11F3O6S/c14-13(15,16)23(19,20)21-7-8-1-3-9(4-2-8)11(17)22-12(18)10-5-6-10/h1-4,10H,5-7H2. The average molecular weight is 352 g/mol. The summed E-state index contributed by atoms with van der Waals surface area (Å²) in [6.45, 7) is -0.835. The molecule has 1 fully saturated rings. The van der Waals surface area contributed by atoms with Crippen LogP contribution in [0.3, 0.4) is 0 Å². The van der Waals surface area contributed by atoms with Crippen LogP contribution in [-0.4, -0.2) is 25.9 Å². The van der Waals surface area contributed by atoms with Crippen molar-refractivity contribution in [3.05, 3.63) is 35.4 Å². The predicted molar refractivity (Wildman–Crippen MR) is 69.4 cm³/mol. The van der Waals surface area contributed by atoms with Gasteiger partial charge in [0.1, 0.15) is 0 Å². The largest absolute Gasteiger partial charge is 0.523 e. The van der Waals surface area contributed by atoms with Crippen molar-refractivity contribution in [2.24, 2.45) is 5.92 Å². The molecular weight excluding hydrogens is 341 g/mol. The Labute approximate surface area is 129 Å². The van der Waals surface area contributed by atoms with Crippen molar-refractivity contribution in [1.82, 2.24) is 0 Å². The molecule has 0 amide bonds. The fourth-order valence-corrected chi connectivity index (χ4v) is 1.93. The molecule has 23 heavy (non-hydrogen) atoms. The molecule has 6 nitrogen and oxygen atoms in total. The van der Waals surface area contributed by atoms with Crippen LogP contribution in [-0.2, 0) is 30.4 Å². The first-order valence-corrected chi connectivity index (χ1v) is 7.81. The maximum absolute atomic E-state index is 12.1. The van der Waals surface area contributed by atoms with Gasteiger partial charge in [0.25, 0.3) is 0 Å². The first-order valence-electron chi connectivity index (χ1n) is 6.41. The van der Waals surface area contributed by atoms with Crippen LogP contribution in [0.2, 0.25) is 0 Å². The third-order valence-corrected chi connectivity index (χ3v) is 3.95. The second kappa shape index (κ2) is 6.28. The minimum atomic E-state index is -5.68. The highest BCUT2D eigenvalue weighted by atomic mass is 32.2. The molecule has 1 aliphatic rings. The molecule has 0 unspecified atom stereocenters. The molecule has 126 valence electrons. The summed E-state index contributed by atoms with van der Waals surface area (Å²) in [4.78, 5) is 23.0. The van der Waals surface area contributed by atoms with E-state index in [-0.39, 0.29) is 17.0 Å². The summed E-state index contributed by atoms with van der Waals surface area (Å²) >= 11 is 0. The summed E-state index contributed by atoms with van der Waals surface area (Å²) in [5, 5.41) is 0. The molecule has 0 aliphatic heterocycles. The minimum absolute atomic E-state index is 0.0152. The molecule has 0 aromatic heterocycles. The third-order valence-electron chi connectivity index (χ3n) is 2.96. The lowest BCUT2D eigenvalue weighted by atomic mass is 10.1. The Kier molecular flexibility index (Phi) is 4.76. The van der Waals surface area contributed by atoms with Gasteiger partial charge in [-0.3, -0.25) is 8.98 Å². The number of hydrogen-bond acceptors (Lipinski definition) is 6. The van der Waals surface area contributed by atoms with Crippen molar-refractivity contribution in [3.8, 4) is 0 Å². The molecule has 0 radical (unpaired) electrons. The Hall–Kier alpha value is -1.94. The lowest BCUT2D eigenvalue weighted by molar-refractivity contribution is -0.139. The van der Waals surface area contributed by atoms with Gasteiger partial charge in [-0.15, -0.1) is 0 Å². The predicted octanol–water partition coefficient (Wildman–Crippen LogP) is 2.15. The normalized spacial score (nSPS) is 15.3. The highest BCUT2D eigenvalue weighted by Gasteiger charge is 2.47. The van der Waals surface area contributed by atoms with E-state index in [0.717, 1.165) is 0 Å². The van der Waals surface area contributed by atoms with Crippen LogP contribution in [0.4, 0.5) is 13.2 Å². The van der Waals surface area contributed by atoms with Crippen LogP contribution < -0.4 is 0 Å². The Morgan fingerprint density at radius 1 is 1.13 bits per heavy atom. The lowest BCUT2D eigenvalue weighted by Gasteiger charge is -2.08. The van der Waals surface area contributed by atoms with E-state index in [2.05, 4.69) is 8.92 Å². The van der Waals surface area contributed by atoms with Crippen molar-refractivity contribution in [2.45, 2.75) is 25.0 Å². The van der Waals surface area contributed by atoms with Crippen LogP contribution in [0.15, 0.2) is 24.3 Å². The fourth-order valence-electron chi connectivity index (χ4n) is 1.50. The Bertz CT molecular complexity index is 704. The number of halogens is 3.